The first-order chi connectivity index (χ1) is 63.4. The highest BCUT2D eigenvalue weighted by atomic mass is 32.2. The first kappa shape index (κ1) is 94.9. The van der Waals surface area contributed by atoms with Crippen molar-refractivity contribution in [1.29, 1.82) is 0 Å². The van der Waals surface area contributed by atoms with Crippen LogP contribution >= 0.6 is 0 Å². The lowest BCUT2D eigenvalue weighted by Gasteiger charge is -2.40. The molecule has 4 aromatic rings. The van der Waals surface area contributed by atoms with Crippen molar-refractivity contribution in [2.24, 2.45) is 0 Å². The molecule has 128 heavy (non-hydrogen) atoms. The number of rotatable bonds is 5. The second kappa shape index (κ2) is 66.7. The summed E-state index contributed by atoms with van der Waals surface area (Å²) in [6, 6.07) is 18.2. The maximum absolute atomic E-state index is 13.0. The zero-order chi connectivity index (χ0) is 90.5. The average molecular weight is 1610 g/mol. The number of benzene rings is 3. The number of ether oxygens (including phenoxy) is 2. The normalized spacial score (nSPS) is 7.62. The van der Waals surface area contributed by atoms with Gasteiger partial charge in [-0.2, -0.15) is 8.42 Å². The summed E-state index contributed by atoms with van der Waals surface area (Å²) in [5.74, 6) is 228. The van der Waals surface area contributed by atoms with Crippen LogP contribution in [0.1, 0.15) is 35.3 Å². The summed E-state index contributed by atoms with van der Waals surface area (Å²) in [6.07, 6.45) is 6.62. The van der Waals surface area contributed by atoms with Crippen molar-refractivity contribution in [2.75, 3.05) is 20.8 Å². The Morgan fingerprint density at radius 2 is 0.586 bits per heavy atom. The van der Waals surface area contributed by atoms with E-state index in [1.54, 1.807) is 32.2 Å². The van der Waals surface area contributed by atoms with Crippen LogP contribution < -0.4 is 13.7 Å². The number of aromatic nitrogens is 1. The number of hydrogen-bond donors (Lipinski definition) is 1. The van der Waals surface area contributed by atoms with Gasteiger partial charge in [0.1, 0.15) is 10.6 Å². The fraction of sp³-hybridized carbons (Fsp3) is 0.0667. The number of terminal acetylenes is 1. The van der Waals surface area contributed by atoms with Crippen LogP contribution in [0.5, 0.6) is 17.2 Å². The van der Waals surface area contributed by atoms with Gasteiger partial charge in [-0.25, -0.2) is 0 Å². The summed E-state index contributed by atoms with van der Waals surface area (Å²) >= 11 is 0. The van der Waals surface area contributed by atoms with Gasteiger partial charge in [0.2, 0.25) is 0 Å². The van der Waals surface area contributed by atoms with Gasteiger partial charge in [-0.1, -0.05) is 24.1 Å². The summed E-state index contributed by atoms with van der Waals surface area (Å²) in [5, 5.41) is 1.17. The molecule has 8 heteroatoms. The Morgan fingerprint density at radius 3 is 0.836 bits per heavy atom. The molecule has 0 amide bonds. The van der Waals surface area contributed by atoms with Crippen molar-refractivity contribution >= 4 is 21.0 Å². The average Bonchev–Trinajstić information content (AvgIpc) is 1.53. The smallest absolute Gasteiger partial charge is 0.339 e. The molecule has 0 aliphatic carbocycles. The van der Waals surface area contributed by atoms with Crippen LogP contribution in [-0.2, 0) is 29.5 Å². The van der Waals surface area contributed by atoms with Crippen molar-refractivity contribution in [3.8, 4) is 562 Å². The van der Waals surface area contributed by atoms with Gasteiger partial charge >= 0.3 is 10.1 Å². The minimum Gasteiger partial charge on any atom is -0.497 e. The van der Waals surface area contributed by atoms with Crippen LogP contribution in [0.25, 0.3) is 10.9 Å². The van der Waals surface area contributed by atoms with Crippen molar-refractivity contribution < 1.29 is 22.1 Å². The zero-order valence-electron chi connectivity index (χ0n) is 66.7. The predicted octanol–water partition coefficient (Wildman–Crippen LogP) is 5.40. The number of nitrogens with one attached hydrogen (secondary N) is 1. The topological polar surface area (TPSA) is 80.9 Å². The Balaban J connectivity index is 0.000000673. The van der Waals surface area contributed by atoms with Gasteiger partial charge in [0, 0.05) is 474 Å². The van der Waals surface area contributed by atoms with E-state index in [2.05, 4.69) is 561 Å². The van der Waals surface area contributed by atoms with E-state index >= 15 is 0 Å². The van der Waals surface area contributed by atoms with Crippen molar-refractivity contribution in [3.05, 3.63) is 83.0 Å². The highest BCUT2D eigenvalue weighted by Gasteiger charge is 2.35. The predicted molar refractivity (Wildman–Crippen MR) is 497 cm³/mol. The molecule has 6 rings (SSSR count). The van der Waals surface area contributed by atoms with Gasteiger partial charge in [0.15, 0.2) is 11.5 Å². The minimum absolute atomic E-state index is 0.108. The molecule has 0 fully saturated rings. The fourth-order valence-electron chi connectivity index (χ4n) is 8.16. The van der Waals surface area contributed by atoms with Crippen LogP contribution in [0.4, 0.5) is 0 Å². The Hall–Kier alpha value is -23.7. The molecule has 1 N–H and O–H groups in total. The van der Waals surface area contributed by atoms with Crippen molar-refractivity contribution in [3.63, 3.8) is 0 Å². The maximum atomic E-state index is 13.0. The molecule has 1 aromatic heterocycles. The molecule has 0 bridgehead atoms. The number of methoxy groups -OCH3 is 2. The highest BCUT2D eigenvalue weighted by molar-refractivity contribution is 7.87. The third-order valence-corrected chi connectivity index (χ3v) is 14.0. The van der Waals surface area contributed by atoms with Crippen LogP contribution in [0.15, 0.2) is 65.6 Å². The maximum Gasteiger partial charge on any atom is 0.339 e. The summed E-state index contributed by atoms with van der Waals surface area (Å²) in [7, 11) is -0.779. The van der Waals surface area contributed by atoms with E-state index < -0.39 is 10.1 Å². The Labute approximate surface area is 751 Å². The molecule has 2 aliphatic rings. The van der Waals surface area contributed by atoms with Gasteiger partial charge in [0.05, 0.1) is 14.2 Å². The molecule has 0 radical (unpaired) electrons. The first-order valence-electron chi connectivity index (χ1n) is 34.9. The highest BCUT2D eigenvalue weighted by Crippen LogP contribution is 2.45. The summed E-state index contributed by atoms with van der Waals surface area (Å²) in [4.78, 5) is 6.13. The molecule has 0 saturated heterocycles. The molecule has 3 aromatic carbocycles. The van der Waals surface area contributed by atoms with Gasteiger partial charge in [-0.05, 0) is 174 Å². The summed E-state index contributed by atoms with van der Waals surface area (Å²) in [5.41, 5.74) is 5.85. The van der Waals surface area contributed by atoms with Crippen LogP contribution in [-0.4, -0.2) is 39.1 Å². The SMILES string of the molecule is C#CC#CC#CC#CC#CC#CC#CC#CC#CC#CC#CC#CC#CC#CC#CC#CC#CC#CC#CC#CC#CC#CC#CC#CC#CC#CC#CC#CC#CC#CC#CC#CC#CC#CC#CC#CC#CC#CC#CC#CC#CC#CC#CC#CC#CC#CC.COc1ccc2[nH]c3c(c2c1)CC1c2cc(OS(=O)(=O)c4ccccc4)c(OC)cc2CCN1C3. The molecular formula is C120H30N2O5S. The second-order valence-corrected chi connectivity index (χ2v) is 22.1. The molecule has 0 saturated carbocycles. The van der Waals surface area contributed by atoms with E-state index in [1.165, 1.54) is 35.9 Å². The molecule has 556 valence electrons. The molecule has 1 unspecified atom stereocenters. The number of H-pyrrole nitrogens is 1. The molecule has 3 heterocycles. The third kappa shape index (κ3) is 45.8. The van der Waals surface area contributed by atoms with E-state index in [0.29, 0.717) is 5.75 Å². The van der Waals surface area contributed by atoms with Crippen LogP contribution in [0.3, 0.4) is 0 Å². The van der Waals surface area contributed by atoms with Gasteiger partial charge < -0.3 is 18.6 Å². The Bertz CT molecular complexity index is 8830. The van der Waals surface area contributed by atoms with E-state index in [9.17, 15) is 8.42 Å². The standard InChI is InChI=1S/C93H4.C27H26N2O5S/c1-3-5-7-9-11-13-15-17-19-21-23-25-27-29-31-33-35-37-39-41-43-45-47-49-51-53-55-57-59-61-63-65-67-69-71-73-75-77-79-81-83-85-87-89-91-93-92-90-88-86-84-82-80-78-76-74-72-70-68-66-64-62-60-58-56-54-52-50-48-46-44-42-40-38-36-34-32-30-28-26-24-22-20-18-16-14-12-10-8-6-4-2;1-32-18-8-9-23-21(13-18)22-14-25-20-15-27(34-35(30,31)19-6-4-3-5-7-19)26(33-2)12-17(20)10-11-29(25)16-24(22)28-23/h1H,2H3;3-9,12-13,15,25,28H,10-11,14,16H2,1-2H3. The van der Waals surface area contributed by atoms with E-state index in [1.807, 2.05) is 18.2 Å². The zero-order valence-corrected chi connectivity index (χ0v) is 67.5. The van der Waals surface area contributed by atoms with E-state index in [4.69, 9.17) is 20.1 Å². The lowest BCUT2D eigenvalue weighted by Crippen LogP contribution is -2.39. The second-order valence-electron chi connectivity index (χ2n) is 20.5. The molecular weight excluding hydrogens is 1580 g/mol. The largest absolute Gasteiger partial charge is 0.497 e. The lowest BCUT2D eigenvalue weighted by molar-refractivity contribution is 0.159. The fourth-order valence-corrected chi connectivity index (χ4v) is 9.11. The molecule has 0 spiro atoms. The molecule has 7 nitrogen and oxygen atoms in total. The first-order valence-corrected chi connectivity index (χ1v) is 36.3. The number of fused-ring (bicyclic) bond motifs is 6. The number of hydrogen-bond acceptors (Lipinski definition) is 6. The minimum atomic E-state index is -3.99. The van der Waals surface area contributed by atoms with Crippen LogP contribution in [0.2, 0.25) is 0 Å². The monoisotopic (exact) mass is 1610 g/mol. The Kier molecular flexibility index (Phi) is 49.4. The van der Waals surface area contributed by atoms with Gasteiger partial charge in [-0.3, -0.25) is 4.90 Å². The molecule has 2 aliphatic heterocycles. The summed E-state index contributed by atoms with van der Waals surface area (Å²) in [6.45, 7) is 3.41. The third-order valence-electron chi connectivity index (χ3n) is 12.8. The van der Waals surface area contributed by atoms with Crippen LogP contribution in [0, 0.1) is 545 Å². The van der Waals surface area contributed by atoms with Gasteiger partial charge in [0.25, 0.3) is 0 Å². The Morgan fingerprint density at radius 1 is 0.320 bits per heavy atom. The van der Waals surface area contributed by atoms with Crippen molar-refractivity contribution in [2.45, 2.75) is 37.2 Å². The van der Waals surface area contributed by atoms with E-state index in [0.717, 1.165) is 48.3 Å². The van der Waals surface area contributed by atoms with Crippen molar-refractivity contribution in [1.82, 2.24) is 9.88 Å². The quantitative estimate of drug-likeness (QED) is 0.213. The van der Waals surface area contributed by atoms with Gasteiger partial charge in [-0.15, -0.1) is 6.42 Å². The number of aromatic amines is 1. The van der Waals surface area contributed by atoms with E-state index in [-0.39, 0.29) is 16.7 Å². The number of nitrogens with zero attached hydrogens (tertiary/aromatic N) is 1. The lowest BCUT2D eigenvalue weighted by atomic mass is 9.85. The summed E-state index contributed by atoms with van der Waals surface area (Å²) < 4.78 is 42.5. The molecule has 1 atom stereocenters.